The minimum Gasteiger partial charge on any atom is -0.379 e. The van der Waals surface area contributed by atoms with Gasteiger partial charge in [0.25, 0.3) is 0 Å². The zero-order valence-corrected chi connectivity index (χ0v) is 9.86. The Morgan fingerprint density at radius 3 is 2.44 bits per heavy atom. The lowest BCUT2D eigenvalue weighted by atomic mass is 10.0. The third kappa shape index (κ3) is 2.61. The van der Waals surface area contributed by atoms with Crippen LogP contribution in [0, 0.1) is 6.92 Å². The van der Waals surface area contributed by atoms with E-state index in [1.807, 2.05) is 0 Å². The lowest BCUT2D eigenvalue weighted by molar-refractivity contribution is 0.0179. The molecule has 1 fully saturated rings. The Morgan fingerprint density at radius 2 is 1.88 bits per heavy atom. The summed E-state index contributed by atoms with van der Waals surface area (Å²) in [6, 6.07) is 9.01. The van der Waals surface area contributed by atoms with Gasteiger partial charge in [-0.15, -0.1) is 0 Å². The molecule has 0 aromatic heterocycles. The fourth-order valence-electron chi connectivity index (χ4n) is 2.17. The van der Waals surface area contributed by atoms with Gasteiger partial charge >= 0.3 is 0 Å². The molecule has 88 valence electrons. The molecule has 0 aliphatic carbocycles. The molecule has 0 unspecified atom stereocenters. The van der Waals surface area contributed by atoms with Crippen LogP contribution in [-0.2, 0) is 4.74 Å². The van der Waals surface area contributed by atoms with Gasteiger partial charge in [-0.2, -0.15) is 0 Å². The highest BCUT2D eigenvalue weighted by molar-refractivity contribution is 5.24. The number of hydrogen-bond acceptors (Lipinski definition) is 3. The van der Waals surface area contributed by atoms with Crippen LogP contribution in [-0.4, -0.2) is 37.7 Å². The van der Waals surface area contributed by atoms with Crippen LogP contribution in [0.4, 0.5) is 0 Å². The molecule has 2 N–H and O–H groups in total. The standard InChI is InChI=1S/C13H20N2O/c1-11-2-4-12(5-3-11)13(10-14)15-6-8-16-9-7-15/h2-5,13H,6-10,14H2,1H3/t13-/m1/s1. The number of aryl methyl sites for hydroxylation is 1. The van der Waals surface area contributed by atoms with Crippen LogP contribution in [0.25, 0.3) is 0 Å². The third-order valence-electron chi connectivity index (χ3n) is 3.17. The first-order valence-corrected chi connectivity index (χ1v) is 5.89. The van der Waals surface area contributed by atoms with Gasteiger partial charge in [-0.25, -0.2) is 0 Å². The summed E-state index contributed by atoms with van der Waals surface area (Å²) in [7, 11) is 0. The Hall–Kier alpha value is -0.900. The number of nitrogens with two attached hydrogens (primary N) is 1. The fourth-order valence-corrected chi connectivity index (χ4v) is 2.17. The van der Waals surface area contributed by atoms with Crippen LogP contribution in [0.1, 0.15) is 17.2 Å². The second kappa shape index (κ2) is 5.43. The molecule has 1 atom stereocenters. The second-order valence-corrected chi connectivity index (χ2v) is 4.31. The lowest BCUT2D eigenvalue weighted by Crippen LogP contribution is -2.41. The monoisotopic (exact) mass is 220 g/mol. The molecule has 1 aliphatic rings. The molecule has 0 saturated carbocycles. The highest BCUT2D eigenvalue weighted by atomic mass is 16.5. The molecule has 0 amide bonds. The van der Waals surface area contributed by atoms with Crippen molar-refractivity contribution in [3.63, 3.8) is 0 Å². The van der Waals surface area contributed by atoms with E-state index >= 15 is 0 Å². The molecule has 0 spiro atoms. The molecular weight excluding hydrogens is 200 g/mol. The minimum atomic E-state index is 0.337. The summed E-state index contributed by atoms with van der Waals surface area (Å²) in [5, 5.41) is 0. The molecule has 3 heteroatoms. The summed E-state index contributed by atoms with van der Waals surface area (Å²) in [5.74, 6) is 0. The van der Waals surface area contributed by atoms with E-state index in [4.69, 9.17) is 10.5 Å². The van der Waals surface area contributed by atoms with Gasteiger partial charge in [0.1, 0.15) is 0 Å². The second-order valence-electron chi connectivity index (χ2n) is 4.31. The van der Waals surface area contributed by atoms with Crippen molar-refractivity contribution in [2.45, 2.75) is 13.0 Å². The molecule has 3 nitrogen and oxygen atoms in total. The zero-order valence-electron chi connectivity index (χ0n) is 9.86. The summed E-state index contributed by atoms with van der Waals surface area (Å²) in [6.07, 6.45) is 0. The lowest BCUT2D eigenvalue weighted by Gasteiger charge is -2.34. The van der Waals surface area contributed by atoms with E-state index in [2.05, 4.69) is 36.1 Å². The summed E-state index contributed by atoms with van der Waals surface area (Å²) in [4.78, 5) is 2.41. The van der Waals surface area contributed by atoms with Crippen LogP contribution < -0.4 is 5.73 Å². The fraction of sp³-hybridized carbons (Fsp3) is 0.538. The van der Waals surface area contributed by atoms with Crippen LogP contribution in [0.5, 0.6) is 0 Å². The quantitative estimate of drug-likeness (QED) is 0.835. The molecule has 1 heterocycles. The third-order valence-corrected chi connectivity index (χ3v) is 3.17. The molecule has 1 saturated heterocycles. The molecule has 1 aliphatic heterocycles. The molecule has 1 aromatic carbocycles. The van der Waals surface area contributed by atoms with Gasteiger partial charge < -0.3 is 10.5 Å². The average Bonchev–Trinajstić information content (AvgIpc) is 2.34. The first-order valence-electron chi connectivity index (χ1n) is 5.89. The van der Waals surface area contributed by atoms with Gasteiger partial charge in [0.15, 0.2) is 0 Å². The van der Waals surface area contributed by atoms with Crippen LogP contribution in [0.2, 0.25) is 0 Å². The Kier molecular flexibility index (Phi) is 3.93. The van der Waals surface area contributed by atoms with Gasteiger partial charge in [-0.05, 0) is 12.5 Å². The first kappa shape index (κ1) is 11.6. The number of rotatable bonds is 3. The van der Waals surface area contributed by atoms with Gasteiger partial charge in [0.2, 0.25) is 0 Å². The molecule has 0 radical (unpaired) electrons. The van der Waals surface area contributed by atoms with Crippen molar-refractivity contribution in [3.8, 4) is 0 Å². The predicted molar refractivity (Wildman–Crippen MR) is 65.4 cm³/mol. The summed E-state index contributed by atoms with van der Waals surface area (Å²) < 4.78 is 5.37. The van der Waals surface area contributed by atoms with E-state index in [9.17, 15) is 0 Å². The summed E-state index contributed by atoms with van der Waals surface area (Å²) in [6.45, 7) is 6.38. The van der Waals surface area contributed by atoms with Crippen molar-refractivity contribution < 1.29 is 4.74 Å². The van der Waals surface area contributed by atoms with E-state index in [-0.39, 0.29) is 0 Å². The van der Waals surface area contributed by atoms with Crippen LogP contribution in [0.3, 0.4) is 0 Å². The van der Waals surface area contributed by atoms with E-state index in [0.29, 0.717) is 12.6 Å². The smallest absolute Gasteiger partial charge is 0.0594 e. The highest BCUT2D eigenvalue weighted by Gasteiger charge is 2.20. The minimum absolute atomic E-state index is 0.337. The van der Waals surface area contributed by atoms with E-state index in [0.717, 1.165) is 26.3 Å². The molecule has 16 heavy (non-hydrogen) atoms. The van der Waals surface area contributed by atoms with Crippen molar-refractivity contribution in [3.05, 3.63) is 35.4 Å². The van der Waals surface area contributed by atoms with Crippen molar-refractivity contribution in [1.82, 2.24) is 4.90 Å². The number of hydrogen-bond donors (Lipinski definition) is 1. The molecular formula is C13H20N2O. The van der Waals surface area contributed by atoms with Crippen molar-refractivity contribution >= 4 is 0 Å². The Morgan fingerprint density at radius 1 is 1.25 bits per heavy atom. The van der Waals surface area contributed by atoms with E-state index in [1.54, 1.807) is 0 Å². The van der Waals surface area contributed by atoms with Crippen molar-refractivity contribution in [2.75, 3.05) is 32.8 Å². The zero-order chi connectivity index (χ0) is 11.4. The Balaban J connectivity index is 2.11. The summed E-state index contributed by atoms with van der Waals surface area (Å²) >= 11 is 0. The van der Waals surface area contributed by atoms with Crippen molar-refractivity contribution in [1.29, 1.82) is 0 Å². The molecule has 1 aromatic rings. The predicted octanol–water partition coefficient (Wildman–Crippen LogP) is 1.33. The van der Waals surface area contributed by atoms with Crippen LogP contribution in [0.15, 0.2) is 24.3 Å². The van der Waals surface area contributed by atoms with E-state index in [1.165, 1.54) is 11.1 Å². The average molecular weight is 220 g/mol. The number of nitrogens with zero attached hydrogens (tertiary/aromatic N) is 1. The molecule has 0 bridgehead atoms. The van der Waals surface area contributed by atoms with Gasteiger partial charge in [-0.1, -0.05) is 29.8 Å². The number of benzene rings is 1. The normalized spacial score (nSPS) is 19.6. The van der Waals surface area contributed by atoms with Gasteiger partial charge in [0.05, 0.1) is 13.2 Å². The summed E-state index contributed by atoms with van der Waals surface area (Å²) in [5.41, 5.74) is 8.50. The maximum atomic E-state index is 5.89. The highest BCUT2D eigenvalue weighted by Crippen LogP contribution is 2.20. The number of morpholine rings is 1. The Bertz CT molecular complexity index is 317. The molecule has 2 rings (SSSR count). The van der Waals surface area contributed by atoms with Gasteiger partial charge in [-0.3, -0.25) is 4.90 Å². The maximum absolute atomic E-state index is 5.89. The van der Waals surface area contributed by atoms with Gasteiger partial charge in [0, 0.05) is 25.7 Å². The largest absolute Gasteiger partial charge is 0.379 e. The Labute approximate surface area is 97.2 Å². The van der Waals surface area contributed by atoms with E-state index < -0.39 is 0 Å². The maximum Gasteiger partial charge on any atom is 0.0594 e. The SMILES string of the molecule is Cc1ccc([C@@H](CN)N2CCOCC2)cc1. The topological polar surface area (TPSA) is 38.5 Å². The number of ether oxygens (including phenoxy) is 1. The van der Waals surface area contributed by atoms with Crippen molar-refractivity contribution in [2.24, 2.45) is 5.73 Å². The van der Waals surface area contributed by atoms with Crippen LogP contribution >= 0.6 is 0 Å². The first-order chi connectivity index (χ1) is 7.81.